The van der Waals surface area contributed by atoms with E-state index in [4.69, 9.17) is 5.26 Å². The Kier molecular flexibility index (Phi) is 4.65. The molecule has 0 atom stereocenters. The van der Waals surface area contributed by atoms with Gasteiger partial charge in [0.15, 0.2) is 0 Å². The molecule has 1 aromatic heterocycles. The molecule has 0 saturated carbocycles. The van der Waals surface area contributed by atoms with E-state index in [9.17, 15) is 0 Å². The van der Waals surface area contributed by atoms with Gasteiger partial charge in [0.2, 0.25) is 5.82 Å². The largest absolute Gasteiger partial charge is 0.229 e. The second-order valence-corrected chi connectivity index (χ2v) is 4.13. The Labute approximate surface area is 118 Å². The zero-order valence-electron chi connectivity index (χ0n) is 11.2. The van der Waals surface area contributed by atoms with Gasteiger partial charge in [-0.1, -0.05) is 18.1 Å². The minimum absolute atomic E-state index is 0.499. The highest BCUT2D eigenvalue weighted by Crippen LogP contribution is 2.02. The molecule has 0 bridgehead atoms. The SMILES string of the molecule is CC=CCc1cnc(C#Cc2ccc(C#N)cc2)nc1. The number of hydrogen-bond donors (Lipinski definition) is 0. The number of allylic oxidation sites excluding steroid dienone is 2. The third kappa shape index (κ3) is 3.80. The summed E-state index contributed by atoms with van der Waals surface area (Å²) in [6.07, 6.45) is 8.46. The average Bonchev–Trinajstić information content (AvgIpc) is 2.52. The summed E-state index contributed by atoms with van der Waals surface area (Å²) in [7, 11) is 0. The summed E-state index contributed by atoms with van der Waals surface area (Å²) < 4.78 is 0. The van der Waals surface area contributed by atoms with Crippen LogP contribution in [0.2, 0.25) is 0 Å². The van der Waals surface area contributed by atoms with Crippen molar-refractivity contribution in [2.24, 2.45) is 0 Å². The van der Waals surface area contributed by atoms with Gasteiger partial charge in [0.05, 0.1) is 11.6 Å². The molecule has 0 aliphatic heterocycles. The van der Waals surface area contributed by atoms with Crippen LogP contribution in [0.1, 0.15) is 29.4 Å². The maximum Gasteiger partial charge on any atom is 0.205 e. The lowest BCUT2D eigenvalue weighted by Gasteiger charge is -1.94. The van der Waals surface area contributed by atoms with E-state index in [-0.39, 0.29) is 0 Å². The van der Waals surface area contributed by atoms with E-state index in [0.29, 0.717) is 11.4 Å². The number of benzene rings is 1. The monoisotopic (exact) mass is 259 g/mol. The van der Waals surface area contributed by atoms with Crippen LogP contribution < -0.4 is 0 Å². The van der Waals surface area contributed by atoms with Gasteiger partial charge in [-0.15, -0.1) is 0 Å². The number of hydrogen-bond acceptors (Lipinski definition) is 3. The lowest BCUT2D eigenvalue weighted by atomic mass is 10.1. The van der Waals surface area contributed by atoms with E-state index in [2.05, 4.69) is 34.0 Å². The van der Waals surface area contributed by atoms with Crippen molar-refractivity contribution in [1.29, 1.82) is 5.26 Å². The van der Waals surface area contributed by atoms with E-state index in [0.717, 1.165) is 17.5 Å². The molecule has 0 N–H and O–H groups in total. The van der Waals surface area contributed by atoms with Gasteiger partial charge in [0.25, 0.3) is 0 Å². The summed E-state index contributed by atoms with van der Waals surface area (Å²) in [5.74, 6) is 6.38. The highest BCUT2D eigenvalue weighted by atomic mass is 14.8. The molecule has 96 valence electrons. The minimum Gasteiger partial charge on any atom is -0.229 e. The number of aromatic nitrogens is 2. The second kappa shape index (κ2) is 6.87. The Morgan fingerprint density at radius 3 is 2.30 bits per heavy atom. The van der Waals surface area contributed by atoms with Crippen LogP contribution in [-0.2, 0) is 6.42 Å². The normalized spacial score (nSPS) is 9.80. The third-order valence-corrected chi connectivity index (χ3v) is 2.63. The summed E-state index contributed by atoms with van der Waals surface area (Å²) in [4.78, 5) is 8.42. The molecule has 20 heavy (non-hydrogen) atoms. The summed E-state index contributed by atoms with van der Waals surface area (Å²) in [5.41, 5.74) is 2.53. The van der Waals surface area contributed by atoms with Crippen LogP contribution in [0.5, 0.6) is 0 Å². The molecule has 0 unspecified atom stereocenters. The van der Waals surface area contributed by atoms with Crippen LogP contribution in [0.4, 0.5) is 0 Å². The Balaban J connectivity index is 2.10. The van der Waals surface area contributed by atoms with E-state index in [1.54, 1.807) is 24.5 Å². The molecule has 0 saturated heterocycles. The van der Waals surface area contributed by atoms with Crippen molar-refractivity contribution in [3.8, 4) is 17.9 Å². The van der Waals surface area contributed by atoms with Gasteiger partial charge in [0, 0.05) is 18.0 Å². The molecule has 0 aliphatic rings. The van der Waals surface area contributed by atoms with E-state index in [1.807, 2.05) is 25.1 Å². The van der Waals surface area contributed by atoms with Gasteiger partial charge in [-0.05, 0) is 49.1 Å². The molecule has 2 rings (SSSR count). The summed E-state index contributed by atoms with van der Waals surface area (Å²) in [6, 6.07) is 9.18. The molecule has 1 aromatic carbocycles. The average molecular weight is 259 g/mol. The molecule has 1 heterocycles. The van der Waals surface area contributed by atoms with Crippen molar-refractivity contribution in [3.63, 3.8) is 0 Å². The van der Waals surface area contributed by atoms with Crippen molar-refractivity contribution < 1.29 is 0 Å². The van der Waals surface area contributed by atoms with Crippen molar-refractivity contribution in [3.05, 3.63) is 71.3 Å². The number of rotatable bonds is 2. The van der Waals surface area contributed by atoms with Crippen LogP contribution in [0.3, 0.4) is 0 Å². The second-order valence-electron chi connectivity index (χ2n) is 4.13. The molecular formula is C17H13N3. The fourth-order valence-corrected chi connectivity index (χ4v) is 1.53. The molecule has 0 fully saturated rings. The van der Waals surface area contributed by atoms with Crippen molar-refractivity contribution >= 4 is 0 Å². The first kappa shape index (κ1) is 13.5. The molecule has 3 heteroatoms. The molecule has 3 nitrogen and oxygen atoms in total. The zero-order chi connectivity index (χ0) is 14.2. The van der Waals surface area contributed by atoms with Crippen molar-refractivity contribution in [1.82, 2.24) is 9.97 Å². The molecular weight excluding hydrogens is 246 g/mol. The first-order valence-electron chi connectivity index (χ1n) is 6.26. The lowest BCUT2D eigenvalue weighted by Crippen LogP contribution is -1.91. The van der Waals surface area contributed by atoms with Gasteiger partial charge in [-0.3, -0.25) is 0 Å². The van der Waals surface area contributed by atoms with Gasteiger partial charge >= 0.3 is 0 Å². The summed E-state index contributed by atoms with van der Waals surface area (Å²) >= 11 is 0. The predicted molar refractivity (Wildman–Crippen MR) is 77.7 cm³/mol. The number of nitriles is 1. The minimum atomic E-state index is 0.499. The standard InChI is InChI=1S/C17H13N3/c1-2-3-4-16-12-19-17(20-13-16)10-9-14-5-7-15(11-18)8-6-14/h2-3,5-8,12-13H,4H2,1H3. The molecule has 0 amide bonds. The highest BCUT2D eigenvalue weighted by molar-refractivity contribution is 5.41. The van der Waals surface area contributed by atoms with Gasteiger partial charge < -0.3 is 0 Å². The summed E-state index contributed by atoms with van der Waals surface area (Å²) in [6.45, 7) is 1.98. The fraction of sp³-hybridized carbons (Fsp3) is 0.118. The van der Waals surface area contributed by atoms with Gasteiger partial charge in [-0.25, -0.2) is 9.97 Å². The van der Waals surface area contributed by atoms with Crippen LogP contribution >= 0.6 is 0 Å². The fourth-order valence-electron chi connectivity index (χ4n) is 1.53. The zero-order valence-corrected chi connectivity index (χ0v) is 11.2. The molecule has 0 aliphatic carbocycles. The van der Waals surface area contributed by atoms with Gasteiger partial charge in [0.1, 0.15) is 0 Å². The third-order valence-electron chi connectivity index (χ3n) is 2.63. The smallest absolute Gasteiger partial charge is 0.205 e. The lowest BCUT2D eigenvalue weighted by molar-refractivity contribution is 1.06. The van der Waals surface area contributed by atoms with Crippen LogP contribution in [-0.4, -0.2) is 9.97 Å². The van der Waals surface area contributed by atoms with E-state index >= 15 is 0 Å². The number of nitrogens with zero attached hydrogens (tertiary/aromatic N) is 3. The molecule has 0 radical (unpaired) electrons. The predicted octanol–water partition coefficient (Wildman–Crippen LogP) is 2.87. The van der Waals surface area contributed by atoms with E-state index in [1.165, 1.54) is 0 Å². The Bertz CT molecular complexity index is 693. The Morgan fingerprint density at radius 2 is 1.70 bits per heavy atom. The van der Waals surface area contributed by atoms with Crippen molar-refractivity contribution in [2.75, 3.05) is 0 Å². The maximum atomic E-state index is 8.71. The maximum absolute atomic E-state index is 8.71. The first-order valence-corrected chi connectivity index (χ1v) is 6.26. The van der Waals surface area contributed by atoms with Gasteiger partial charge in [-0.2, -0.15) is 5.26 Å². The van der Waals surface area contributed by atoms with Crippen molar-refractivity contribution in [2.45, 2.75) is 13.3 Å². The topological polar surface area (TPSA) is 49.6 Å². The first-order chi connectivity index (χ1) is 9.81. The van der Waals surface area contributed by atoms with Crippen LogP contribution in [0, 0.1) is 23.2 Å². The highest BCUT2D eigenvalue weighted by Gasteiger charge is 1.93. The Morgan fingerprint density at radius 1 is 1.05 bits per heavy atom. The van der Waals surface area contributed by atoms with Crippen LogP contribution in [0.15, 0.2) is 48.8 Å². The summed E-state index contributed by atoms with van der Waals surface area (Å²) in [5, 5.41) is 8.71. The van der Waals surface area contributed by atoms with Crippen LogP contribution in [0.25, 0.3) is 0 Å². The quantitative estimate of drug-likeness (QED) is 0.615. The molecule has 2 aromatic rings. The molecule has 0 spiro atoms. The van der Waals surface area contributed by atoms with E-state index < -0.39 is 0 Å². The Hall–Kier alpha value is -2.91.